The van der Waals surface area contributed by atoms with Gasteiger partial charge in [-0.15, -0.1) is 0 Å². The van der Waals surface area contributed by atoms with E-state index in [2.05, 4.69) is 51.6 Å². The third-order valence-corrected chi connectivity index (χ3v) is 8.46. The number of rotatable bonds is 16. The standard InChI is InChI=1S/C36H46N4O6/c1-5-46-25-34(42)37-18-10-14-30(28-16-17-32(44-3)33(23-28)45-4)38-36(43)35-29(24-41)13-9-15-31(35)40-21-19-39(20-22-40)26(2)27-11-7-6-8-12-27/h6-9,11-13,15-17,23-24,26,30H,5,10,14,18-22,25H2,1-4H3,(H,37,42)(H,38,43)/t26-,30-/m1/s1. The van der Waals surface area contributed by atoms with Gasteiger partial charge in [-0.2, -0.15) is 0 Å². The summed E-state index contributed by atoms with van der Waals surface area (Å²) < 4.78 is 16.1. The number of anilines is 1. The van der Waals surface area contributed by atoms with Crippen LogP contribution in [0.2, 0.25) is 0 Å². The van der Waals surface area contributed by atoms with Gasteiger partial charge in [0.05, 0.1) is 31.5 Å². The Hall–Kier alpha value is -4.41. The first kappa shape index (κ1) is 34.5. The van der Waals surface area contributed by atoms with Gasteiger partial charge in [0.15, 0.2) is 17.8 Å². The van der Waals surface area contributed by atoms with Crippen molar-refractivity contribution >= 4 is 23.8 Å². The number of carbonyl (C=O) groups is 3. The summed E-state index contributed by atoms with van der Waals surface area (Å²) in [6.45, 7) is 8.05. The van der Waals surface area contributed by atoms with Crippen LogP contribution in [0.1, 0.15) is 70.6 Å². The molecule has 1 aliphatic heterocycles. The first-order chi connectivity index (χ1) is 22.4. The summed E-state index contributed by atoms with van der Waals surface area (Å²) in [5, 5.41) is 6.06. The zero-order chi connectivity index (χ0) is 32.9. The molecule has 1 aliphatic rings. The van der Waals surface area contributed by atoms with E-state index >= 15 is 0 Å². The number of ether oxygens (including phenoxy) is 3. The molecule has 46 heavy (non-hydrogen) atoms. The Labute approximate surface area is 272 Å². The number of hydrogen-bond donors (Lipinski definition) is 2. The van der Waals surface area contributed by atoms with Crippen LogP contribution in [0, 0.1) is 0 Å². The van der Waals surface area contributed by atoms with Crippen molar-refractivity contribution in [2.75, 3.05) is 65.1 Å². The highest BCUT2D eigenvalue weighted by atomic mass is 16.5. The Morgan fingerprint density at radius 2 is 1.65 bits per heavy atom. The quantitative estimate of drug-likeness (QED) is 0.172. The molecule has 0 aliphatic carbocycles. The van der Waals surface area contributed by atoms with Crippen molar-refractivity contribution in [3.63, 3.8) is 0 Å². The molecule has 246 valence electrons. The molecule has 10 heteroatoms. The molecule has 2 amide bonds. The zero-order valence-electron chi connectivity index (χ0n) is 27.3. The van der Waals surface area contributed by atoms with Gasteiger partial charge in [0, 0.05) is 50.9 Å². The van der Waals surface area contributed by atoms with Crippen molar-refractivity contribution in [1.82, 2.24) is 15.5 Å². The van der Waals surface area contributed by atoms with E-state index in [9.17, 15) is 14.4 Å². The van der Waals surface area contributed by atoms with Gasteiger partial charge >= 0.3 is 0 Å². The minimum absolute atomic E-state index is 0.0109. The number of nitrogens with zero attached hydrogens (tertiary/aromatic N) is 2. The van der Waals surface area contributed by atoms with E-state index in [1.54, 1.807) is 26.4 Å². The Bertz CT molecular complexity index is 1440. The Kier molecular flexibility index (Phi) is 13.0. The summed E-state index contributed by atoms with van der Waals surface area (Å²) in [6.07, 6.45) is 1.87. The number of benzene rings is 3. The van der Waals surface area contributed by atoms with Crippen LogP contribution in [0.25, 0.3) is 0 Å². The summed E-state index contributed by atoms with van der Waals surface area (Å²) in [7, 11) is 3.14. The average Bonchev–Trinajstić information content (AvgIpc) is 3.11. The first-order valence-electron chi connectivity index (χ1n) is 15.9. The number of aldehydes is 1. The van der Waals surface area contributed by atoms with E-state index in [-0.39, 0.29) is 24.5 Å². The van der Waals surface area contributed by atoms with E-state index in [0.717, 1.165) is 43.7 Å². The van der Waals surface area contributed by atoms with Crippen LogP contribution in [-0.2, 0) is 9.53 Å². The van der Waals surface area contributed by atoms with E-state index < -0.39 is 6.04 Å². The van der Waals surface area contributed by atoms with Crippen LogP contribution in [0.4, 0.5) is 5.69 Å². The average molecular weight is 631 g/mol. The summed E-state index contributed by atoms with van der Waals surface area (Å²) in [4.78, 5) is 43.0. The van der Waals surface area contributed by atoms with E-state index in [4.69, 9.17) is 14.2 Å². The molecule has 10 nitrogen and oxygen atoms in total. The second-order valence-electron chi connectivity index (χ2n) is 11.2. The van der Waals surface area contributed by atoms with E-state index in [0.29, 0.717) is 48.6 Å². The SMILES string of the molecule is CCOCC(=O)NCCC[C@@H](NC(=O)c1c(C=O)cccc1N1CCN([C@H](C)c2ccccc2)CC1)c1ccc(OC)c(OC)c1. The van der Waals surface area contributed by atoms with Crippen LogP contribution in [0.5, 0.6) is 11.5 Å². The monoisotopic (exact) mass is 630 g/mol. The van der Waals surface area contributed by atoms with Crippen LogP contribution in [-0.4, -0.2) is 83.2 Å². The van der Waals surface area contributed by atoms with Gasteiger partial charge < -0.3 is 29.7 Å². The van der Waals surface area contributed by atoms with Crippen LogP contribution in [0.15, 0.2) is 66.7 Å². The highest BCUT2D eigenvalue weighted by molar-refractivity contribution is 6.06. The Morgan fingerprint density at radius 1 is 0.913 bits per heavy atom. The fraction of sp³-hybridized carbons (Fsp3) is 0.417. The number of piperazine rings is 1. The lowest BCUT2D eigenvalue weighted by atomic mass is 9.98. The molecule has 0 aromatic heterocycles. The fourth-order valence-corrected chi connectivity index (χ4v) is 5.86. The summed E-state index contributed by atoms with van der Waals surface area (Å²) in [5.74, 6) is 0.601. The Morgan fingerprint density at radius 3 is 2.33 bits per heavy atom. The van der Waals surface area contributed by atoms with Gasteiger partial charge in [-0.25, -0.2) is 0 Å². The van der Waals surface area contributed by atoms with Crippen molar-refractivity contribution in [1.29, 1.82) is 0 Å². The second kappa shape index (κ2) is 17.3. The maximum Gasteiger partial charge on any atom is 0.254 e. The van der Waals surface area contributed by atoms with Crippen molar-refractivity contribution in [2.45, 2.75) is 38.8 Å². The number of amides is 2. The smallest absolute Gasteiger partial charge is 0.254 e. The van der Waals surface area contributed by atoms with Gasteiger partial charge in [0.1, 0.15) is 6.61 Å². The molecule has 0 saturated carbocycles. The van der Waals surface area contributed by atoms with Crippen molar-refractivity contribution in [2.24, 2.45) is 0 Å². The molecule has 3 aromatic carbocycles. The third-order valence-electron chi connectivity index (χ3n) is 8.46. The molecule has 1 saturated heterocycles. The largest absolute Gasteiger partial charge is 0.493 e. The van der Waals surface area contributed by atoms with Gasteiger partial charge in [-0.05, 0) is 56.0 Å². The first-order valence-corrected chi connectivity index (χ1v) is 15.9. The zero-order valence-corrected chi connectivity index (χ0v) is 27.3. The molecule has 1 heterocycles. The van der Waals surface area contributed by atoms with Gasteiger partial charge in [-0.1, -0.05) is 48.5 Å². The summed E-state index contributed by atoms with van der Waals surface area (Å²) in [6, 6.07) is 21.3. The van der Waals surface area contributed by atoms with Crippen molar-refractivity contribution < 1.29 is 28.6 Å². The van der Waals surface area contributed by atoms with Crippen LogP contribution < -0.4 is 25.0 Å². The van der Waals surface area contributed by atoms with Gasteiger partial charge in [0.25, 0.3) is 5.91 Å². The molecule has 2 N–H and O–H groups in total. The summed E-state index contributed by atoms with van der Waals surface area (Å²) in [5.41, 5.74) is 3.53. The number of hydrogen-bond acceptors (Lipinski definition) is 8. The minimum atomic E-state index is -0.424. The lowest BCUT2D eigenvalue weighted by molar-refractivity contribution is -0.125. The van der Waals surface area contributed by atoms with Gasteiger partial charge in [0.2, 0.25) is 5.91 Å². The summed E-state index contributed by atoms with van der Waals surface area (Å²) >= 11 is 0. The molecular weight excluding hydrogens is 584 g/mol. The maximum absolute atomic E-state index is 14.1. The maximum atomic E-state index is 14.1. The van der Waals surface area contributed by atoms with E-state index in [1.165, 1.54) is 5.56 Å². The molecule has 3 aromatic rings. The molecule has 2 atom stereocenters. The molecule has 0 unspecified atom stereocenters. The predicted octanol–water partition coefficient (Wildman–Crippen LogP) is 4.80. The number of methoxy groups -OCH3 is 2. The predicted molar refractivity (Wildman–Crippen MR) is 179 cm³/mol. The van der Waals surface area contributed by atoms with Crippen LogP contribution in [0.3, 0.4) is 0 Å². The fourth-order valence-electron chi connectivity index (χ4n) is 5.86. The highest BCUT2D eigenvalue weighted by Gasteiger charge is 2.27. The third kappa shape index (κ3) is 8.86. The number of nitrogens with one attached hydrogen (secondary N) is 2. The molecular formula is C36H46N4O6. The normalized spacial score (nSPS) is 14.7. The van der Waals surface area contributed by atoms with Crippen LogP contribution >= 0.6 is 0 Å². The molecule has 0 bridgehead atoms. The topological polar surface area (TPSA) is 109 Å². The molecule has 4 rings (SSSR count). The second-order valence-corrected chi connectivity index (χ2v) is 11.2. The molecule has 0 spiro atoms. The van der Waals surface area contributed by atoms with E-state index in [1.807, 2.05) is 37.3 Å². The molecule has 1 fully saturated rings. The van der Waals surface area contributed by atoms with Gasteiger partial charge in [-0.3, -0.25) is 19.3 Å². The Balaban J connectivity index is 1.53. The highest BCUT2D eigenvalue weighted by Crippen LogP contribution is 2.33. The van der Waals surface area contributed by atoms with Crippen molar-refractivity contribution in [3.8, 4) is 11.5 Å². The lowest BCUT2D eigenvalue weighted by Crippen LogP contribution is -2.47. The molecule has 0 radical (unpaired) electrons. The van der Waals surface area contributed by atoms with Crippen molar-refractivity contribution in [3.05, 3.63) is 89.0 Å². The minimum Gasteiger partial charge on any atom is -0.493 e. The number of carbonyl (C=O) groups excluding carboxylic acids is 3. The lowest BCUT2D eigenvalue weighted by Gasteiger charge is -2.40.